The van der Waals surface area contributed by atoms with Crippen molar-refractivity contribution in [1.82, 2.24) is 9.80 Å². The van der Waals surface area contributed by atoms with Gasteiger partial charge in [-0.3, -0.25) is 9.69 Å². The van der Waals surface area contributed by atoms with Crippen molar-refractivity contribution in [3.05, 3.63) is 29.3 Å². The largest absolute Gasteiger partial charge is 0.492 e. The molecule has 2 fully saturated rings. The Labute approximate surface area is 152 Å². The van der Waals surface area contributed by atoms with Crippen LogP contribution in [0.4, 0.5) is 0 Å². The minimum atomic E-state index is -0.270. The number of likely N-dealkylation sites (tertiary alicyclic amines) is 2. The molecule has 1 spiro atoms. The van der Waals surface area contributed by atoms with Gasteiger partial charge in [0.25, 0.3) is 0 Å². The Kier molecular flexibility index (Phi) is 5.38. The molecule has 2 heterocycles. The van der Waals surface area contributed by atoms with Crippen LogP contribution in [-0.4, -0.2) is 53.5 Å². The second-order valence-corrected chi connectivity index (χ2v) is 7.94. The first kappa shape index (κ1) is 18.2. The minimum absolute atomic E-state index is 0.270. The van der Waals surface area contributed by atoms with E-state index in [1.807, 2.05) is 0 Å². The number of hydrogen-bond acceptors (Lipinski definition) is 3. The number of rotatable bonds is 5. The number of carbonyl (C=O) groups excluding carboxylic acids is 1. The molecule has 0 N–H and O–H groups in total. The summed E-state index contributed by atoms with van der Waals surface area (Å²) in [7, 11) is 0. The number of ether oxygens (including phenoxy) is 1. The number of aryl methyl sites for hydroxylation is 2. The summed E-state index contributed by atoms with van der Waals surface area (Å²) in [6, 6.07) is 6.58. The first-order valence-electron chi connectivity index (χ1n) is 9.70. The van der Waals surface area contributed by atoms with Crippen molar-refractivity contribution in [1.29, 1.82) is 0 Å². The zero-order valence-electron chi connectivity index (χ0n) is 16.2. The zero-order chi connectivity index (χ0) is 18.0. The molecule has 1 amide bonds. The highest BCUT2D eigenvalue weighted by Crippen LogP contribution is 2.38. The molecule has 3 rings (SSSR count). The summed E-state index contributed by atoms with van der Waals surface area (Å²) in [6.07, 6.45) is 4.22. The average Bonchev–Trinajstić information content (AvgIpc) is 2.95. The molecule has 4 nitrogen and oxygen atoms in total. The van der Waals surface area contributed by atoms with Gasteiger partial charge in [-0.15, -0.1) is 0 Å². The summed E-state index contributed by atoms with van der Waals surface area (Å²) in [4.78, 5) is 17.6. The van der Waals surface area contributed by atoms with E-state index in [0.717, 1.165) is 51.1 Å². The number of amides is 1. The Balaban J connectivity index is 1.64. The van der Waals surface area contributed by atoms with E-state index in [0.29, 0.717) is 18.6 Å². The maximum Gasteiger partial charge on any atom is 0.243 e. The van der Waals surface area contributed by atoms with Gasteiger partial charge in [0.05, 0.1) is 0 Å². The van der Waals surface area contributed by atoms with E-state index in [2.05, 4.69) is 55.7 Å². The third kappa shape index (κ3) is 3.55. The number of nitrogens with zero attached hydrogens (tertiary/aromatic N) is 2. The molecule has 138 valence electrons. The maximum atomic E-state index is 13.2. The molecule has 4 heteroatoms. The topological polar surface area (TPSA) is 32.8 Å². The lowest BCUT2D eigenvalue weighted by Crippen LogP contribution is -2.61. The van der Waals surface area contributed by atoms with E-state index in [1.54, 1.807) is 0 Å². The molecule has 2 aliphatic heterocycles. The molecule has 0 radical (unpaired) electrons. The first-order valence-corrected chi connectivity index (χ1v) is 9.70. The Bertz CT molecular complexity index is 628. The summed E-state index contributed by atoms with van der Waals surface area (Å²) in [5.41, 5.74) is 2.16. The fourth-order valence-electron chi connectivity index (χ4n) is 4.52. The molecule has 1 aromatic rings. The van der Waals surface area contributed by atoms with Crippen molar-refractivity contribution >= 4 is 5.91 Å². The predicted molar refractivity (Wildman–Crippen MR) is 101 cm³/mol. The van der Waals surface area contributed by atoms with Crippen LogP contribution in [0, 0.1) is 13.8 Å². The van der Waals surface area contributed by atoms with Crippen LogP contribution in [0.25, 0.3) is 0 Å². The molecule has 1 aromatic carbocycles. The standard InChI is InChI=1S/C21H32N2O2/c1-16(2)23-12-6-10-21(20(23)24)9-5-11-22(21)13-14-25-19-8-7-17(3)15-18(19)4/h7-8,15-16H,5-6,9-14H2,1-4H3. The van der Waals surface area contributed by atoms with Gasteiger partial charge in [-0.2, -0.15) is 0 Å². The Morgan fingerprint density at radius 2 is 1.88 bits per heavy atom. The first-order chi connectivity index (χ1) is 11.9. The van der Waals surface area contributed by atoms with Crippen LogP contribution in [0.1, 0.15) is 50.7 Å². The molecular formula is C21H32N2O2. The zero-order valence-corrected chi connectivity index (χ0v) is 16.2. The maximum absolute atomic E-state index is 13.2. The van der Waals surface area contributed by atoms with Crippen LogP contribution in [0.15, 0.2) is 18.2 Å². The minimum Gasteiger partial charge on any atom is -0.492 e. The quantitative estimate of drug-likeness (QED) is 0.819. The van der Waals surface area contributed by atoms with Crippen molar-refractivity contribution in [2.75, 3.05) is 26.2 Å². The van der Waals surface area contributed by atoms with Gasteiger partial charge in [-0.05, 0) is 71.6 Å². The summed E-state index contributed by atoms with van der Waals surface area (Å²) in [5, 5.41) is 0. The van der Waals surface area contributed by atoms with Crippen molar-refractivity contribution in [2.24, 2.45) is 0 Å². The van der Waals surface area contributed by atoms with Crippen LogP contribution in [0.3, 0.4) is 0 Å². The van der Waals surface area contributed by atoms with Crippen molar-refractivity contribution < 1.29 is 9.53 Å². The van der Waals surface area contributed by atoms with E-state index in [1.165, 1.54) is 11.1 Å². The normalized spacial score (nSPS) is 24.5. The van der Waals surface area contributed by atoms with Crippen molar-refractivity contribution in [2.45, 2.75) is 65.0 Å². The van der Waals surface area contributed by atoms with E-state index < -0.39 is 0 Å². The highest BCUT2D eigenvalue weighted by atomic mass is 16.5. The van der Waals surface area contributed by atoms with E-state index in [4.69, 9.17) is 4.74 Å². The highest BCUT2D eigenvalue weighted by Gasteiger charge is 2.50. The summed E-state index contributed by atoms with van der Waals surface area (Å²) < 4.78 is 6.03. The molecule has 2 aliphatic rings. The second-order valence-electron chi connectivity index (χ2n) is 7.94. The molecular weight excluding hydrogens is 312 g/mol. The molecule has 2 saturated heterocycles. The lowest BCUT2D eigenvalue weighted by atomic mass is 9.85. The average molecular weight is 344 g/mol. The molecule has 0 bridgehead atoms. The second kappa shape index (κ2) is 7.36. The summed E-state index contributed by atoms with van der Waals surface area (Å²) in [6.45, 7) is 11.8. The highest BCUT2D eigenvalue weighted by molar-refractivity contribution is 5.87. The predicted octanol–water partition coefficient (Wildman–Crippen LogP) is 3.55. The van der Waals surface area contributed by atoms with Crippen LogP contribution in [-0.2, 0) is 4.79 Å². The Morgan fingerprint density at radius 1 is 1.16 bits per heavy atom. The van der Waals surface area contributed by atoms with E-state index in [9.17, 15) is 4.79 Å². The van der Waals surface area contributed by atoms with E-state index in [-0.39, 0.29) is 5.54 Å². The molecule has 0 aliphatic carbocycles. The number of carbonyl (C=O) groups is 1. The smallest absolute Gasteiger partial charge is 0.243 e. The van der Waals surface area contributed by atoms with Crippen LogP contribution in [0.2, 0.25) is 0 Å². The fourth-order valence-corrected chi connectivity index (χ4v) is 4.52. The van der Waals surface area contributed by atoms with Crippen molar-refractivity contribution in [3.8, 4) is 5.75 Å². The van der Waals surface area contributed by atoms with Gasteiger partial charge in [0, 0.05) is 19.1 Å². The monoisotopic (exact) mass is 344 g/mol. The lowest BCUT2D eigenvalue weighted by molar-refractivity contribution is -0.149. The number of benzene rings is 1. The van der Waals surface area contributed by atoms with Crippen LogP contribution >= 0.6 is 0 Å². The Morgan fingerprint density at radius 3 is 2.56 bits per heavy atom. The van der Waals surface area contributed by atoms with Gasteiger partial charge < -0.3 is 9.64 Å². The SMILES string of the molecule is Cc1ccc(OCCN2CCCC23CCCN(C(C)C)C3=O)c(C)c1. The lowest BCUT2D eigenvalue weighted by Gasteiger charge is -2.46. The summed E-state index contributed by atoms with van der Waals surface area (Å²) in [5.74, 6) is 1.30. The summed E-state index contributed by atoms with van der Waals surface area (Å²) >= 11 is 0. The number of hydrogen-bond donors (Lipinski definition) is 0. The third-order valence-corrected chi connectivity index (χ3v) is 5.84. The molecule has 1 atom stereocenters. The molecule has 25 heavy (non-hydrogen) atoms. The van der Waals surface area contributed by atoms with Gasteiger partial charge in [0.2, 0.25) is 5.91 Å². The van der Waals surface area contributed by atoms with Crippen molar-refractivity contribution in [3.63, 3.8) is 0 Å². The van der Waals surface area contributed by atoms with Gasteiger partial charge >= 0.3 is 0 Å². The molecule has 0 aromatic heterocycles. The van der Waals surface area contributed by atoms with E-state index >= 15 is 0 Å². The number of piperidine rings is 1. The van der Waals surface area contributed by atoms with Gasteiger partial charge in [-0.1, -0.05) is 17.7 Å². The molecule has 1 unspecified atom stereocenters. The fraction of sp³-hybridized carbons (Fsp3) is 0.667. The van der Waals surface area contributed by atoms with Crippen LogP contribution in [0.5, 0.6) is 5.75 Å². The third-order valence-electron chi connectivity index (χ3n) is 5.84. The Hall–Kier alpha value is -1.55. The van der Waals surface area contributed by atoms with Gasteiger partial charge in [0.1, 0.15) is 17.9 Å². The van der Waals surface area contributed by atoms with Gasteiger partial charge in [0.15, 0.2) is 0 Å². The van der Waals surface area contributed by atoms with Crippen LogP contribution < -0.4 is 4.74 Å². The van der Waals surface area contributed by atoms with Gasteiger partial charge in [-0.25, -0.2) is 0 Å². The molecule has 0 saturated carbocycles.